The van der Waals surface area contributed by atoms with Gasteiger partial charge < -0.3 is 19.5 Å². The number of carbonyl (C=O) groups excluding carboxylic acids is 1. The summed E-state index contributed by atoms with van der Waals surface area (Å²) in [5.41, 5.74) is 2.26. The van der Waals surface area contributed by atoms with Crippen LogP contribution in [0.4, 0.5) is 0 Å². The molecule has 2 aromatic heterocycles. The van der Waals surface area contributed by atoms with Crippen molar-refractivity contribution < 1.29 is 4.79 Å². The van der Waals surface area contributed by atoms with E-state index in [1.54, 1.807) is 0 Å². The van der Waals surface area contributed by atoms with Crippen molar-refractivity contribution in [1.82, 2.24) is 24.5 Å². The van der Waals surface area contributed by atoms with Gasteiger partial charge in [0.05, 0.1) is 5.69 Å². The number of carbonyl (C=O) groups is 1. The second-order valence-electron chi connectivity index (χ2n) is 6.21. The van der Waals surface area contributed by atoms with Crippen molar-refractivity contribution in [2.75, 3.05) is 40.3 Å². The molecule has 6 nitrogen and oxygen atoms in total. The molecule has 2 heterocycles. The third-order valence-corrected chi connectivity index (χ3v) is 4.14. The minimum absolute atomic E-state index is 0.0879. The fourth-order valence-corrected chi connectivity index (χ4v) is 2.81. The van der Waals surface area contributed by atoms with E-state index < -0.39 is 0 Å². The standard InChI is InChI=1S/C18H29N5O/c1-5-22(6-2)12-9-11-19-18(24)17-15(14-21(3)4)23-13-8-7-10-16(23)20-17/h7-8,10,13H,5-6,9,11-12,14H2,1-4H3,(H,19,24). The molecule has 0 radical (unpaired) electrons. The topological polar surface area (TPSA) is 52.9 Å². The fourth-order valence-electron chi connectivity index (χ4n) is 2.81. The van der Waals surface area contributed by atoms with Crippen LogP contribution in [-0.4, -0.2) is 65.4 Å². The van der Waals surface area contributed by atoms with Crippen molar-refractivity contribution in [2.45, 2.75) is 26.8 Å². The molecule has 0 unspecified atom stereocenters. The van der Waals surface area contributed by atoms with E-state index in [0.717, 1.165) is 37.4 Å². The molecule has 1 N–H and O–H groups in total. The predicted octanol–water partition coefficient (Wildman–Crippen LogP) is 1.86. The van der Waals surface area contributed by atoms with Crippen LogP contribution in [0.5, 0.6) is 0 Å². The third-order valence-electron chi connectivity index (χ3n) is 4.14. The Morgan fingerprint density at radius 2 is 2.00 bits per heavy atom. The average Bonchev–Trinajstić information content (AvgIpc) is 2.93. The summed E-state index contributed by atoms with van der Waals surface area (Å²) >= 11 is 0. The van der Waals surface area contributed by atoms with Crippen molar-refractivity contribution in [3.63, 3.8) is 0 Å². The summed E-state index contributed by atoms with van der Waals surface area (Å²) in [5, 5.41) is 3.02. The number of fused-ring (bicyclic) bond motifs is 1. The average molecular weight is 331 g/mol. The lowest BCUT2D eigenvalue weighted by atomic mass is 10.2. The van der Waals surface area contributed by atoms with Gasteiger partial charge in [-0.25, -0.2) is 4.98 Å². The normalized spacial score (nSPS) is 11.6. The number of amides is 1. The number of aromatic nitrogens is 2. The van der Waals surface area contributed by atoms with Crippen molar-refractivity contribution in [3.05, 3.63) is 35.8 Å². The largest absolute Gasteiger partial charge is 0.351 e. The highest BCUT2D eigenvalue weighted by Gasteiger charge is 2.18. The zero-order valence-electron chi connectivity index (χ0n) is 15.2. The Labute approximate surface area is 144 Å². The second-order valence-corrected chi connectivity index (χ2v) is 6.21. The van der Waals surface area contributed by atoms with Gasteiger partial charge in [-0.2, -0.15) is 0 Å². The van der Waals surface area contributed by atoms with Gasteiger partial charge in [0.25, 0.3) is 5.91 Å². The number of rotatable bonds is 9. The molecule has 1 amide bonds. The van der Waals surface area contributed by atoms with Crippen LogP contribution in [0.2, 0.25) is 0 Å². The lowest BCUT2D eigenvalue weighted by Crippen LogP contribution is -2.30. The fraction of sp³-hybridized carbons (Fsp3) is 0.556. The number of nitrogens with one attached hydrogen (secondary N) is 1. The van der Waals surface area contributed by atoms with Gasteiger partial charge in [-0.15, -0.1) is 0 Å². The molecule has 0 atom stereocenters. The summed E-state index contributed by atoms with van der Waals surface area (Å²) in [4.78, 5) is 21.5. The van der Waals surface area contributed by atoms with E-state index in [0.29, 0.717) is 18.8 Å². The lowest BCUT2D eigenvalue weighted by molar-refractivity contribution is 0.0945. The molecule has 2 aromatic rings. The molecular weight excluding hydrogens is 302 g/mol. The molecule has 24 heavy (non-hydrogen) atoms. The summed E-state index contributed by atoms with van der Waals surface area (Å²) in [6, 6.07) is 5.82. The molecule has 0 fully saturated rings. The van der Waals surface area contributed by atoms with Gasteiger partial charge in [0, 0.05) is 19.3 Å². The smallest absolute Gasteiger partial charge is 0.271 e. The number of nitrogens with zero attached hydrogens (tertiary/aromatic N) is 4. The first-order valence-electron chi connectivity index (χ1n) is 8.68. The minimum Gasteiger partial charge on any atom is -0.351 e. The third kappa shape index (κ3) is 4.55. The van der Waals surface area contributed by atoms with E-state index >= 15 is 0 Å². The Bertz CT molecular complexity index is 660. The number of pyridine rings is 1. The molecule has 0 saturated carbocycles. The Morgan fingerprint density at radius 3 is 2.67 bits per heavy atom. The van der Waals surface area contributed by atoms with E-state index in [9.17, 15) is 4.79 Å². The van der Waals surface area contributed by atoms with Crippen LogP contribution in [0.25, 0.3) is 5.65 Å². The summed E-state index contributed by atoms with van der Waals surface area (Å²) in [5.74, 6) is -0.0879. The summed E-state index contributed by atoms with van der Waals surface area (Å²) in [7, 11) is 3.99. The Hall–Kier alpha value is -1.92. The van der Waals surface area contributed by atoms with Crippen LogP contribution >= 0.6 is 0 Å². The van der Waals surface area contributed by atoms with Gasteiger partial charge in [0.15, 0.2) is 5.69 Å². The van der Waals surface area contributed by atoms with Gasteiger partial charge in [-0.1, -0.05) is 19.9 Å². The van der Waals surface area contributed by atoms with Crippen LogP contribution in [0, 0.1) is 0 Å². The summed E-state index contributed by atoms with van der Waals surface area (Å²) in [6.45, 7) is 8.76. The first-order chi connectivity index (χ1) is 11.6. The van der Waals surface area contributed by atoms with Crippen molar-refractivity contribution in [3.8, 4) is 0 Å². The van der Waals surface area contributed by atoms with E-state index in [-0.39, 0.29) is 5.91 Å². The van der Waals surface area contributed by atoms with Gasteiger partial charge >= 0.3 is 0 Å². The van der Waals surface area contributed by atoms with Crippen LogP contribution in [-0.2, 0) is 6.54 Å². The number of imidazole rings is 1. The summed E-state index contributed by atoms with van der Waals surface area (Å²) in [6.07, 6.45) is 2.90. The van der Waals surface area contributed by atoms with Gasteiger partial charge in [-0.3, -0.25) is 4.79 Å². The maximum atomic E-state index is 12.6. The van der Waals surface area contributed by atoms with Gasteiger partial charge in [0.1, 0.15) is 5.65 Å². The molecular formula is C18H29N5O. The Kier molecular flexibility index (Phi) is 6.75. The SMILES string of the molecule is CCN(CC)CCCNC(=O)c1nc2ccccn2c1CN(C)C. The van der Waals surface area contributed by atoms with Crippen LogP contribution in [0.1, 0.15) is 36.5 Å². The van der Waals surface area contributed by atoms with E-state index in [1.807, 2.05) is 47.8 Å². The Morgan fingerprint density at radius 1 is 1.25 bits per heavy atom. The number of hydrogen-bond donors (Lipinski definition) is 1. The zero-order chi connectivity index (χ0) is 17.5. The van der Waals surface area contributed by atoms with Gasteiger partial charge in [0.2, 0.25) is 0 Å². The first kappa shape index (κ1) is 18.4. The maximum Gasteiger partial charge on any atom is 0.271 e. The van der Waals surface area contributed by atoms with Crippen molar-refractivity contribution in [1.29, 1.82) is 0 Å². The predicted molar refractivity (Wildman–Crippen MR) is 97.3 cm³/mol. The molecule has 0 aliphatic rings. The monoisotopic (exact) mass is 331 g/mol. The molecule has 0 aliphatic carbocycles. The number of hydrogen-bond acceptors (Lipinski definition) is 4. The molecule has 6 heteroatoms. The van der Waals surface area contributed by atoms with Crippen LogP contribution in [0.15, 0.2) is 24.4 Å². The van der Waals surface area contributed by atoms with Crippen molar-refractivity contribution >= 4 is 11.6 Å². The van der Waals surface area contributed by atoms with Gasteiger partial charge in [-0.05, 0) is 52.3 Å². The lowest BCUT2D eigenvalue weighted by Gasteiger charge is -2.17. The highest BCUT2D eigenvalue weighted by Crippen LogP contribution is 2.14. The first-order valence-corrected chi connectivity index (χ1v) is 8.68. The molecule has 132 valence electrons. The molecule has 0 bridgehead atoms. The van der Waals surface area contributed by atoms with E-state index in [4.69, 9.17) is 0 Å². The minimum atomic E-state index is -0.0879. The van der Waals surface area contributed by atoms with E-state index in [2.05, 4.69) is 29.0 Å². The molecule has 0 aliphatic heterocycles. The van der Waals surface area contributed by atoms with Crippen molar-refractivity contribution in [2.24, 2.45) is 0 Å². The molecule has 2 rings (SSSR count). The highest BCUT2D eigenvalue weighted by atomic mass is 16.1. The molecule has 0 saturated heterocycles. The second kappa shape index (κ2) is 8.80. The van der Waals surface area contributed by atoms with Crippen LogP contribution < -0.4 is 5.32 Å². The summed E-state index contributed by atoms with van der Waals surface area (Å²) < 4.78 is 1.99. The van der Waals surface area contributed by atoms with Crippen LogP contribution in [0.3, 0.4) is 0 Å². The van der Waals surface area contributed by atoms with E-state index in [1.165, 1.54) is 0 Å². The highest BCUT2D eigenvalue weighted by molar-refractivity contribution is 5.94. The molecule has 0 spiro atoms. The molecule has 0 aromatic carbocycles. The zero-order valence-corrected chi connectivity index (χ0v) is 15.2. The quantitative estimate of drug-likeness (QED) is 0.713. The Balaban J connectivity index is 2.05. The maximum absolute atomic E-state index is 12.6.